The van der Waals surface area contributed by atoms with Crippen LogP contribution in [0.3, 0.4) is 0 Å². The maximum atomic E-state index is 12.7. The molecule has 0 radical (unpaired) electrons. The van der Waals surface area contributed by atoms with Gasteiger partial charge in [-0.3, -0.25) is 19.2 Å². The molecular formula is C21H23FN2O8. The van der Waals surface area contributed by atoms with Crippen molar-refractivity contribution >= 4 is 34.5 Å². The third kappa shape index (κ3) is 5.90. The monoisotopic (exact) mass is 450 g/mol. The minimum absolute atomic E-state index is 0.199. The number of fused-ring (bicyclic) bond motifs is 1. The molecule has 2 amide bonds. The second kappa shape index (κ2) is 10.5. The van der Waals surface area contributed by atoms with Gasteiger partial charge in [0.1, 0.15) is 35.7 Å². The highest BCUT2D eigenvalue weighted by Crippen LogP contribution is 2.20. The number of carboxylic acid groups (broad SMARTS) is 1. The predicted molar refractivity (Wildman–Crippen MR) is 110 cm³/mol. The summed E-state index contributed by atoms with van der Waals surface area (Å²) in [6, 6.07) is 3.14. The van der Waals surface area contributed by atoms with Gasteiger partial charge >= 0.3 is 11.6 Å². The maximum Gasteiger partial charge on any atom is 0.349 e. The fourth-order valence-electron chi connectivity index (χ4n) is 2.91. The minimum Gasteiger partial charge on any atom is -0.497 e. The zero-order valence-corrected chi connectivity index (χ0v) is 17.6. The molecule has 0 aliphatic carbocycles. The number of alkyl halides is 1. The van der Waals surface area contributed by atoms with E-state index in [-0.39, 0.29) is 11.1 Å². The Balaban J connectivity index is 2.26. The first kappa shape index (κ1) is 24.5. The van der Waals surface area contributed by atoms with Gasteiger partial charge in [0.25, 0.3) is 5.91 Å². The number of nitrogens with one attached hydrogen (secondary N) is 2. The first-order valence-corrected chi connectivity index (χ1v) is 9.61. The van der Waals surface area contributed by atoms with Gasteiger partial charge in [0.15, 0.2) is 5.78 Å². The molecule has 0 bridgehead atoms. The number of halogens is 1. The third-order valence-corrected chi connectivity index (χ3v) is 4.64. The average molecular weight is 450 g/mol. The van der Waals surface area contributed by atoms with E-state index < -0.39 is 60.3 Å². The van der Waals surface area contributed by atoms with E-state index in [2.05, 4.69) is 10.6 Å². The van der Waals surface area contributed by atoms with E-state index in [1.54, 1.807) is 26.0 Å². The number of carbonyl (C=O) groups excluding carboxylic acids is 3. The molecule has 0 fully saturated rings. The highest BCUT2D eigenvalue weighted by atomic mass is 19.1. The normalized spacial score (nSPS) is 12.8. The van der Waals surface area contributed by atoms with Crippen LogP contribution in [-0.4, -0.2) is 54.5 Å². The summed E-state index contributed by atoms with van der Waals surface area (Å²) >= 11 is 0. The zero-order chi connectivity index (χ0) is 24.0. The summed E-state index contributed by atoms with van der Waals surface area (Å²) in [4.78, 5) is 60.2. The molecule has 1 unspecified atom stereocenters. The molecule has 1 aromatic carbocycles. The second-order valence-corrected chi connectivity index (χ2v) is 7.31. The first-order chi connectivity index (χ1) is 15.1. The number of ether oxygens (including phenoxy) is 1. The molecule has 32 heavy (non-hydrogen) atoms. The molecule has 0 aliphatic rings. The van der Waals surface area contributed by atoms with Crippen LogP contribution in [0, 0.1) is 5.92 Å². The molecular weight excluding hydrogens is 427 g/mol. The van der Waals surface area contributed by atoms with Crippen LogP contribution in [0.15, 0.2) is 33.5 Å². The lowest BCUT2D eigenvalue weighted by atomic mass is 10.0. The molecule has 10 nitrogen and oxygen atoms in total. The maximum absolute atomic E-state index is 12.7. The van der Waals surface area contributed by atoms with Crippen LogP contribution in [0.2, 0.25) is 0 Å². The van der Waals surface area contributed by atoms with Crippen molar-refractivity contribution < 1.29 is 37.8 Å². The van der Waals surface area contributed by atoms with Crippen LogP contribution in [-0.2, 0) is 14.4 Å². The smallest absolute Gasteiger partial charge is 0.349 e. The Hall–Kier alpha value is -3.76. The first-order valence-electron chi connectivity index (χ1n) is 9.61. The summed E-state index contributed by atoms with van der Waals surface area (Å²) in [5.74, 6) is -4.38. The Labute approximate surface area is 181 Å². The highest BCUT2D eigenvalue weighted by molar-refractivity contribution is 6.00. The van der Waals surface area contributed by atoms with Gasteiger partial charge in [-0.15, -0.1) is 0 Å². The van der Waals surface area contributed by atoms with Crippen LogP contribution in [0.25, 0.3) is 11.0 Å². The Morgan fingerprint density at radius 2 is 1.84 bits per heavy atom. The van der Waals surface area contributed by atoms with E-state index in [4.69, 9.17) is 14.3 Å². The molecule has 0 spiro atoms. The van der Waals surface area contributed by atoms with Crippen LogP contribution in [0.4, 0.5) is 4.39 Å². The molecule has 2 rings (SSSR count). The van der Waals surface area contributed by atoms with Crippen molar-refractivity contribution in [3.05, 3.63) is 40.2 Å². The third-order valence-electron chi connectivity index (χ3n) is 4.64. The molecule has 0 saturated heterocycles. The van der Waals surface area contributed by atoms with Gasteiger partial charge in [0.05, 0.1) is 13.5 Å². The van der Waals surface area contributed by atoms with E-state index in [0.29, 0.717) is 11.1 Å². The summed E-state index contributed by atoms with van der Waals surface area (Å²) in [5.41, 5.74) is -1.10. The summed E-state index contributed by atoms with van der Waals surface area (Å²) in [6.45, 7) is 1.71. The van der Waals surface area contributed by atoms with E-state index >= 15 is 0 Å². The number of hydrogen-bond acceptors (Lipinski definition) is 7. The molecule has 11 heteroatoms. The standard InChI is InChI=1S/C21H23FN2O8/c1-10(2)18(20(29)23-14(8-17(26)27)15(25)9-22)24-19(28)13-6-11-4-5-12(31-3)7-16(11)32-21(13)30/h4-7,10,14,18H,8-9H2,1-3H3,(H,23,29)(H,24,28)(H,26,27)/t14?,18-/m0/s1. The second-order valence-electron chi connectivity index (χ2n) is 7.31. The largest absolute Gasteiger partial charge is 0.497 e. The molecule has 2 aromatic rings. The van der Waals surface area contributed by atoms with Crippen LogP contribution in [0.5, 0.6) is 5.75 Å². The van der Waals surface area contributed by atoms with Crippen LogP contribution in [0.1, 0.15) is 30.6 Å². The fourth-order valence-corrected chi connectivity index (χ4v) is 2.91. The topological polar surface area (TPSA) is 152 Å². The Morgan fingerprint density at radius 1 is 1.16 bits per heavy atom. The van der Waals surface area contributed by atoms with Crippen LogP contribution < -0.4 is 21.0 Å². The molecule has 3 N–H and O–H groups in total. The molecule has 2 atom stereocenters. The quantitative estimate of drug-likeness (QED) is 0.454. The van der Waals surface area contributed by atoms with Gasteiger partial charge in [-0.05, 0) is 24.1 Å². The van der Waals surface area contributed by atoms with Crippen LogP contribution >= 0.6 is 0 Å². The lowest BCUT2D eigenvalue weighted by Gasteiger charge is -2.24. The minimum atomic E-state index is -1.59. The van der Waals surface area contributed by atoms with Crippen molar-refractivity contribution in [3.63, 3.8) is 0 Å². The van der Waals surface area contributed by atoms with E-state index in [1.165, 1.54) is 19.2 Å². The zero-order valence-electron chi connectivity index (χ0n) is 17.6. The summed E-state index contributed by atoms with van der Waals surface area (Å²) in [5, 5.41) is 13.9. The number of hydrogen-bond donors (Lipinski definition) is 3. The lowest BCUT2D eigenvalue weighted by Crippen LogP contribution is -2.54. The number of aliphatic carboxylic acids is 1. The summed E-state index contributed by atoms with van der Waals surface area (Å²) in [7, 11) is 1.44. The van der Waals surface area contributed by atoms with E-state index in [1.807, 2.05) is 0 Å². The number of carbonyl (C=O) groups is 4. The van der Waals surface area contributed by atoms with Crippen molar-refractivity contribution in [2.24, 2.45) is 5.92 Å². The van der Waals surface area contributed by atoms with Crippen molar-refractivity contribution in [1.82, 2.24) is 10.6 Å². The predicted octanol–water partition coefficient (Wildman–Crippen LogP) is 1.05. The summed E-state index contributed by atoms with van der Waals surface area (Å²) in [6.07, 6.45) is -0.815. The highest BCUT2D eigenvalue weighted by Gasteiger charge is 2.30. The number of ketones is 1. The number of rotatable bonds is 10. The van der Waals surface area contributed by atoms with Crippen molar-refractivity contribution in [2.45, 2.75) is 32.4 Å². The SMILES string of the molecule is COc1ccc2cc(C(=O)N[C@H](C(=O)NC(CC(=O)O)C(=O)CF)C(C)C)c(=O)oc2c1. The van der Waals surface area contributed by atoms with Crippen molar-refractivity contribution in [2.75, 3.05) is 13.8 Å². The molecule has 0 aliphatic heterocycles. The Bertz CT molecular complexity index is 1090. The molecule has 172 valence electrons. The average Bonchev–Trinajstić information content (AvgIpc) is 2.74. The molecule has 0 saturated carbocycles. The summed E-state index contributed by atoms with van der Waals surface area (Å²) < 4.78 is 23.0. The number of Topliss-reactive ketones (excluding diaryl/α,β-unsaturated/α-hetero) is 1. The number of benzene rings is 1. The number of methoxy groups -OCH3 is 1. The van der Waals surface area contributed by atoms with Gasteiger partial charge in [-0.2, -0.15) is 0 Å². The Kier molecular flexibility index (Phi) is 8.05. The fraction of sp³-hybridized carbons (Fsp3) is 0.381. The number of amides is 2. The van der Waals surface area contributed by atoms with E-state index in [9.17, 15) is 28.4 Å². The van der Waals surface area contributed by atoms with E-state index in [0.717, 1.165) is 0 Å². The lowest BCUT2D eigenvalue weighted by molar-refractivity contribution is -0.140. The van der Waals surface area contributed by atoms with Gasteiger partial charge < -0.3 is 24.9 Å². The van der Waals surface area contributed by atoms with Crippen molar-refractivity contribution in [3.8, 4) is 5.75 Å². The van der Waals surface area contributed by atoms with Gasteiger partial charge in [0, 0.05) is 11.5 Å². The van der Waals surface area contributed by atoms with Crippen molar-refractivity contribution in [1.29, 1.82) is 0 Å². The van der Waals surface area contributed by atoms with Gasteiger partial charge in [0.2, 0.25) is 5.91 Å². The molecule has 1 heterocycles. The Morgan fingerprint density at radius 3 is 2.41 bits per heavy atom. The van der Waals surface area contributed by atoms with Gasteiger partial charge in [-0.25, -0.2) is 9.18 Å². The molecule has 1 aromatic heterocycles. The number of carboxylic acids is 1. The van der Waals surface area contributed by atoms with Gasteiger partial charge in [-0.1, -0.05) is 13.8 Å².